The van der Waals surface area contributed by atoms with Crippen LogP contribution in [0.25, 0.3) is 0 Å². The molecule has 1 aromatic heterocycles. The van der Waals surface area contributed by atoms with Gasteiger partial charge in [-0.1, -0.05) is 0 Å². The van der Waals surface area contributed by atoms with Gasteiger partial charge in [-0.2, -0.15) is 0 Å². The van der Waals surface area contributed by atoms with Crippen molar-refractivity contribution in [2.75, 3.05) is 38.8 Å². The largest absolute Gasteiger partial charge is 0.465 e. The van der Waals surface area contributed by atoms with Crippen molar-refractivity contribution >= 4 is 17.5 Å². The fraction of sp³-hybridized carbons (Fsp3) is 0.538. The van der Waals surface area contributed by atoms with Crippen LogP contribution in [-0.4, -0.2) is 49.1 Å². The van der Waals surface area contributed by atoms with E-state index in [9.17, 15) is 4.79 Å². The number of nitrogens with zero attached hydrogens (tertiary/aromatic N) is 2. The average Bonchev–Trinajstić information content (AvgIpc) is 2.36. The van der Waals surface area contributed by atoms with Gasteiger partial charge in [-0.15, -0.1) is 0 Å². The summed E-state index contributed by atoms with van der Waals surface area (Å²) in [7, 11) is 5.33. The first kappa shape index (κ1) is 15.2. The van der Waals surface area contributed by atoms with Crippen LogP contribution in [0.3, 0.4) is 0 Å². The van der Waals surface area contributed by atoms with Gasteiger partial charge >= 0.3 is 5.97 Å². The molecule has 0 aromatic carbocycles. The van der Waals surface area contributed by atoms with E-state index in [-0.39, 0.29) is 5.54 Å². The highest BCUT2D eigenvalue weighted by Gasteiger charge is 2.21. The number of carbonyl (C=O) groups is 1. The van der Waals surface area contributed by atoms with Crippen LogP contribution in [-0.2, 0) is 4.74 Å². The Balaban J connectivity index is 2.89. The molecule has 3 N–H and O–H groups in total. The monoisotopic (exact) mass is 266 g/mol. The number of carbonyl (C=O) groups excluding carboxylic acids is 1. The topological polar surface area (TPSA) is 80.5 Å². The molecule has 0 unspecified atom stereocenters. The molecule has 0 spiro atoms. The van der Waals surface area contributed by atoms with Gasteiger partial charge in [0.15, 0.2) is 0 Å². The minimum atomic E-state index is -0.463. The molecule has 0 bridgehead atoms. The van der Waals surface area contributed by atoms with E-state index in [1.807, 2.05) is 14.1 Å². The maximum atomic E-state index is 11.5. The highest BCUT2D eigenvalue weighted by Crippen LogP contribution is 2.22. The summed E-state index contributed by atoms with van der Waals surface area (Å²) in [5.74, 6) is 0.0349. The third-order valence-electron chi connectivity index (χ3n) is 3.29. The number of esters is 1. The Morgan fingerprint density at radius 1 is 1.53 bits per heavy atom. The first-order valence-electron chi connectivity index (χ1n) is 6.03. The second-order valence-electron chi connectivity index (χ2n) is 5.17. The van der Waals surface area contributed by atoms with Crippen molar-refractivity contribution in [1.82, 2.24) is 9.88 Å². The summed E-state index contributed by atoms with van der Waals surface area (Å²) in [4.78, 5) is 17.8. The van der Waals surface area contributed by atoms with Gasteiger partial charge < -0.3 is 20.7 Å². The fourth-order valence-corrected chi connectivity index (χ4v) is 1.36. The van der Waals surface area contributed by atoms with Crippen LogP contribution in [0.1, 0.15) is 24.2 Å². The second kappa shape index (κ2) is 5.88. The molecule has 0 radical (unpaired) electrons. The van der Waals surface area contributed by atoms with Crippen LogP contribution in [0.4, 0.5) is 11.5 Å². The van der Waals surface area contributed by atoms with Crippen molar-refractivity contribution in [1.29, 1.82) is 0 Å². The molecule has 19 heavy (non-hydrogen) atoms. The van der Waals surface area contributed by atoms with Gasteiger partial charge in [0.2, 0.25) is 0 Å². The van der Waals surface area contributed by atoms with E-state index in [0.29, 0.717) is 23.6 Å². The molecular weight excluding hydrogens is 244 g/mol. The summed E-state index contributed by atoms with van der Waals surface area (Å²) in [6.45, 7) is 4.85. The molecule has 6 heteroatoms. The van der Waals surface area contributed by atoms with E-state index in [4.69, 9.17) is 5.73 Å². The van der Waals surface area contributed by atoms with E-state index in [2.05, 4.69) is 33.8 Å². The molecule has 0 aliphatic heterocycles. The van der Waals surface area contributed by atoms with Gasteiger partial charge in [0.1, 0.15) is 5.82 Å². The number of likely N-dealkylation sites (N-methyl/N-ethyl adjacent to an activating group) is 1. The van der Waals surface area contributed by atoms with Crippen molar-refractivity contribution in [2.24, 2.45) is 0 Å². The van der Waals surface area contributed by atoms with E-state index in [0.717, 1.165) is 0 Å². The summed E-state index contributed by atoms with van der Waals surface area (Å²) in [5, 5.41) is 3.17. The Bertz CT molecular complexity index is 458. The van der Waals surface area contributed by atoms with Gasteiger partial charge in [-0.3, -0.25) is 0 Å². The molecule has 0 amide bonds. The lowest BCUT2D eigenvalue weighted by atomic mass is 10.0. The zero-order valence-corrected chi connectivity index (χ0v) is 12.2. The fourth-order valence-electron chi connectivity index (χ4n) is 1.36. The number of aromatic nitrogens is 1. The Morgan fingerprint density at radius 2 is 2.16 bits per heavy atom. The molecule has 1 rings (SSSR count). The maximum Gasteiger partial charge on any atom is 0.340 e. The van der Waals surface area contributed by atoms with Crippen LogP contribution < -0.4 is 11.1 Å². The minimum absolute atomic E-state index is 0.0601. The van der Waals surface area contributed by atoms with Crippen molar-refractivity contribution in [3.63, 3.8) is 0 Å². The summed E-state index contributed by atoms with van der Waals surface area (Å²) in [6.07, 6.45) is 1.54. The number of methoxy groups -OCH3 is 1. The maximum absolute atomic E-state index is 11.5. The zero-order valence-electron chi connectivity index (χ0n) is 12.2. The molecule has 0 fully saturated rings. The zero-order chi connectivity index (χ0) is 14.6. The highest BCUT2D eigenvalue weighted by atomic mass is 16.5. The SMILES string of the molecule is COC(=O)c1ccnc(NCC(C)(C)N(C)C)c1N. The second-order valence-corrected chi connectivity index (χ2v) is 5.17. The lowest BCUT2D eigenvalue weighted by molar-refractivity contribution is 0.0602. The van der Waals surface area contributed by atoms with Crippen LogP contribution >= 0.6 is 0 Å². The number of pyridine rings is 1. The number of nitrogens with one attached hydrogen (secondary N) is 1. The number of hydrogen-bond donors (Lipinski definition) is 2. The lowest BCUT2D eigenvalue weighted by Crippen LogP contribution is -2.44. The summed E-state index contributed by atoms with van der Waals surface area (Å²) >= 11 is 0. The molecule has 0 saturated heterocycles. The van der Waals surface area contributed by atoms with E-state index in [1.165, 1.54) is 13.3 Å². The van der Waals surface area contributed by atoms with Gasteiger partial charge in [0, 0.05) is 18.3 Å². The quantitative estimate of drug-likeness (QED) is 0.780. The molecule has 0 atom stereocenters. The Hall–Kier alpha value is -1.82. The normalized spacial score (nSPS) is 11.5. The Morgan fingerprint density at radius 3 is 2.68 bits per heavy atom. The summed E-state index contributed by atoms with van der Waals surface area (Å²) in [6, 6.07) is 1.55. The summed E-state index contributed by atoms with van der Waals surface area (Å²) < 4.78 is 4.67. The van der Waals surface area contributed by atoms with Crippen molar-refractivity contribution in [3.05, 3.63) is 17.8 Å². The highest BCUT2D eigenvalue weighted by molar-refractivity contribution is 5.97. The molecule has 0 aliphatic carbocycles. The van der Waals surface area contributed by atoms with Crippen LogP contribution in [0.5, 0.6) is 0 Å². The number of hydrogen-bond acceptors (Lipinski definition) is 6. The first-order valence-corrected chi connectivity index (χ1v) is 6.03. The average molecular weight is 266 g/mol. The standard InChI is InChI=1S/C13H22N4O2/c1-13(2,17(3)4)8-16-11-10(14)9(6-7-15-11)12(18)19-5/h6-7H,8,14H2,1-5H3,(H,15,16). The number of nitrogens with two attached hydrogens (primary N) is 1. The molecule has 0 saturated carbocycles. The van der Waals surface area contributed by atoms with Crippen molar-refractivity contribution < 1.29 is 9.53 Å². The van der Waals surface area contributed by atoms with Crippen molar-refractivity contribution in [3.8, 4) is 0 Å². The smallest absolute Gasteiger partial charge is 0.340 e. The van der Waals surface area contributed by atoms with Crippen LogP contribution in [0.2, 0.25) is 0 Å². The molecule has 1 heterocycles. The third-order valence-corrected chi connectivity index (χ3v) is 3.29. The number of rotatable bonds is 5. The van der Waals surface area contributed by atoms with Crippen LogP contribution in [0, 0.1) is 0 Å². The molecule has 6 nitrogen and oxygen atoms in total. The van der Waals surface area contributed by atoms with E-state index in [1.54, 1.807) is 6.07 Å². The first-order chi connectivity index (χ1) is 8.79. The number of ether oxygens (including phenoxy) is 1. The lowest BCUT2D eigenvalue weighted by Gasteiger charge is -2.33. The number of anilines is 2. The molecule has 0 aliphatic rings. The number of nitrogen functional groups attached to an aromatic ring is 1. The summed E-state index contributed by atoms with van der Waals surface area (Å²) in [5.41, 5.74) is 6.50. The van der Waals surface area contributed by atoms with Gasteiger partial charge in [0.05, 0.1) is 18.4 Å². The van der Waals surface area contributed by atoms with E-state index < -0.39 is 5.97 Å². The predicted octanol–water partition coefficient (Wildman–Crippen LogP) is 1.20. The predicted molar refractivity (Wildman–Crippen MR) is 76.2 cm³/mol. The van der Waals surface area contributed by atoms with Gasteiger partial charge in [-0.05, 0) is 34.0 Å². The Kier molecular flexibility index (Phi) is 4.72. The van der Waals surface area contributed by atoms with Gasteiger partial charge in [-0.25, -0.2) is 9.78 Å². The minimum Gasteiger partial charge on any atom is -0.465 e. The Labute approximate surface area is 113 Å². The molecule has 106 valence electrons. The molecule has 1 aromatic rings. The molecular formula is C13H22N4O2. The van der Waals surface area contributed by atoms with E-state index >= 15 is 0 Å². The van der Waals surface area contributed by atoms with Crippen molar-refractivity contribution in [2.45, 2.75) is 19.4 Å². The van der Waals surface area contributed by atoms with Gasteiger partial charge in [0.25, 0.3) is 0 Å². The third kappa shape index (κ3) is 3.57. The van der Waals surface area contributed by atoms with Crippen LogP contribution in [0.15, 0.2) is 12.3 Å².